The van der Waals surface area contributed by atoms with E-state index in [1.165, 1.54) is 0 Å². The Balaban J connectivity index is 2.46. The number of nitrogens with one attached hydrogen (secondary N) is 2. The Hall–Kier alpha value is -1.30. The fourth-order valence-electron chi connectivity index (χ4n) is 2.76. The molecule has 3 N–H and O–H groups in total. The van der Waals surface area contributed by atoms with Gasteiger partial charge < -0.3 is 20.5 Å². The van der Waals surface area contributed by atoms with Crippen LogP contribution in [0.25, 0.3) is 0 Å². The van der Waals surface area contributed by atoms with Gasteiger partial charge in [0, 0.05) is 20.3 Å². The lowest BCUT2D eigenvalue weighted by atomic mass is 9.89. The first-order valence-corrected chi connectivity index (χ1v) is 7.55. The maximum Gasteiger partial charge on any atom is 0.315 e. The van der Waals surface area contributed by atoms with E-state index in [2.05, 4.69) is 24.5 Å². The molecule has 0 spiro atoms. The van der Waals surface area contributed by atoms with E-state index >= 15 is 0 Å². The van der Waals surface area contributed by atoms with E-state index in [1.807, 2.05) is 0 Å². The Morgan fingerprint density at radius 1 is 1.29 bits per heavy atom. The van der Waals surface area contributed by atoms with Crippen LogP contribution in [-0.4, -0.2) is 42.9 Å². The minimum Gasteiger partial charge on any atom is -0.481 e. The summed E-state index contributed by atoms with van der Waals surface area (Å²) < 4.78 is 5.06. The van der Waals surface area contributed by atoms with Gasteiger partial charge in [-0.1, -0.05) is 26.7 Å². The number of carbonyl (C=O) groups excluding carboxylic acids is 1. The summed E-state index contributed by atoms with van der Waals surface area (Å²) in [7, 11) is 1.66. The van der Waals surface area contributed by atoms with Gasteiger partial charge in [0.15, 0.2) is 0 Å². The molecule has 1 saturated carbocycles. The SMILES string of the molecule is COCCC(C)(C)CNC(=O)NC1(CC(=O)O)CCCC1. The van der Waals surface area contributed by atoms with E-state index in [4.69, 9.17) is 9.84 Å². The molecule has 0 aromatic rings. The van der Waals surface area contributed by atoms with Gasteiger partial charge in [0.25, 0.3) is 0 Å². The van der Waals surface area contributed by atoms with Crippen molar-refractivity contribution in [1.82, 2.24) is 10.6 Å². The molecule has 0 unspecified atom stereocenters. The molecule has 0 saturated heterocycles. The number of carboxylic acids is 1. The first kappa shape index (κ1) is 17.8. The summed E-state index contributed by atoms with van der Waals surface area (Å²) in [6.45, 7) is 5.31. The van der Waals surface area contributed by atoms with Crippen molar-refractivity contribution in [1.29, 1.82) is 0 Å². The third kappa shape index (κ3) is 6.33. The number of hydrogen-bond donors (Lipinski definition) is 3. The maximum atomic E-state index is 12.1. The lowest BCUT2D eigenvalue weighted by Crippen LogP contribution is -2.52. The Kier molecular flexibility index (Phi) is 6.45. The highest BCUT2D eigenvalue weighted by Crippen LogP contribution is 2.32. The largest absolute Gasteiger partial charge is 0.481 e. The second-order valence-electron chi connectivity index (χ2n) is 6.77. The Morgan fingerprint density at radius 2 is 1.90 bits per heavy atom. The molecule has 1 aliphatic rings. The summed E-state index contributed by atoms with van der Waals surface area (Å²) >= 11 is 0. The lowest BCUT2D eigenvalue weighted by Gasteiger charge is -2.30. The molecule has 1 rings (SSSR count). The summed E-state index contributed by atoms with van der Waals surface area (Å²) in [4.78, 5) is 23.1. The van der Waals surface area contributed by atoms with Gasteiger partial charge in [-0.15, -0.1) is 0 Å². The van der Waals surface area contributed by atoms with Crippen molar-refractivity contribution in [3.8, 4) is 0 Å². The predicted molar refractivity (Wildman–Crippen MR) is 80.3 cm³/mol. The van der Waals surface area contributed by atoms with Crippen LogP contribution in [0.1, 0.15) is 52.4 Å². The molecule has 1 aliphatic carbocycles. The van der Waals surface area contributed by atoms with E-state index < -0.39 is 11.5 Å². The molecule has 1 fully saturated rings. The molecule has 122 valence electrons. The molecule has 0 radical (unpaired) electrons. The van der Waals surface area contributed by atoms with Crippen LogP contribution in [0.15, 0.2) is 0 Å². The van der Waals surface area contributed by atoms with Gasteiger partial charge >= 0.3 is 12.0 Å². The van der Waals surface area contributed by atoms with Gasteiger partial charge in [0.05, 0.1) is 12.0 Å². The average Bonchev–Trinajstić information content (AvgIpc) is 2.81. The summed E-state index contributed by atoms with van der Waals surface area (Å²) in [5, 5.41) is 14.8. The fourth-order valence-corrected chi connectivity index (χ4v) is 2.76. The van der Waals surface area contributed by atoms with Crippen molar-refractivity contribution in [2.24, 2.45) is 5.41 Å². The number of ether oxygens (including phenoxy) is 1. The van der Waals surface area contributed by atoms with Crippen LogP contribution < -0.4 is 10.6 Å². The first-order valence-electron chi connectivity index (χ1n) is 7.55. The normalized spacial score (nSPS) is 17.5. The summed E-state index contributed by atoms with van der Waals surface area (Å²) in [5.41, 5.74) is -0.629. The number of aliphatic carboxylic acids is 1. The van der Waals surface area contributed by atoms with Crippen LogP contribution in [0.4, 0.5) is 4.79 Å². The molecule has 6 nitrogen and oxygen atoms in total. The molecule has 0 bridgehead atoms. The molecule has 0 aromatic heterocycles. The molecule has 0 heterocycles. The number of rotatable bonds is 8. The highest BCUT2D eigenvalue weighted by molar-refractivity contribution is 5.76. The van der Waals surface area contributed by atoms with Crippen molar-refractivity contribution >= 4 is 12.0 Å². The van der Waals surface area contributed by atoms with Crippen LogP contribution in [0.3, 0.4) is 0 Å². The molecule has 21 heavy (non-hydrogen) atoms. The zero-order valence-corrected chi connectivity index (χ0v) is 13.3. The zero-order valence-electron chi connectivity index (χ0n) is 13.3. The number of methoxy groups -OCH3 is 1. The third-order valence-corrected chi connectivity index (χ3v) is 4.14. The smallest absolute Gasteiger partial charge is 0.315 e. The number of carbonyl (C=O) groups is 2. The Bertz CT molecular complexity index is 363. The minimum atomic E-state index is -0.863. The molecular weight excluding hydrogens is 272 g/mol. The lowest BCUT2D eigenvalue weighted by molar-refractivity contribution is -0.138. The number of amides is 2. The molecule has 2 amide bonds. The highest BCUT2D eigenvalue weighted by Gasteiger charge is 2.37. The van der Waals surface area contributed by atoms with E-state index in [1.54, 1.807) is 7.11 Å². The second kappa shape index (κ2) is 7.64. The van der Waals surface area contributed by atoms with E-state index in [-0.39, 0.29) is 17.9 Å². The van der Waals surface area contributed by atoms with Gasteiger partial charge in [-0.25, -0.2) is 4.79 Å². The van der Waals surface area contributed by atoms with Crippen LogP contribution >= 0.6 is 0 Å². The van der Waals surface area contributed by atoms with Crippen LogP contribution in [0.2, 0.25) is 0 Å². The second-order valence-corrected chi connectivity index (χ2v) is 6.77. The maximum absolute atomic E-state index is 12.1. The van der Waals surface area contributed by atoms with Crippen molar-refractivity contribution < 1.29 is 19.4 Å². The zero-order chi connectivity index (χ0) is 15.9. The molecule has 0 aromatic carbocycles. The first-order chi connectivity index (χ1) is 9.79. The van der Waals surface area contributed by atoms with Crippen molar-refractivity contribution in [2.45, 2.75) is 57.9 Å². The standard InChI is InChI=1S/C15H28N2O4/c1-14(2,8-9-21-3)11-16-13(20)17-15(10-12(18)19)6-4-5-7-15/h4-11H2,1-3H3,(H,18,19)(H2,16,17,20). The Morgan fingerprint density at radius 3 is 2.43 bits per heavy atom. The highest BCUT2D eigenvalue weighted by atomic mass is 16.5. The van der Waals surface area contributed by atoms with Crippen LogP contribution in [0, 0.1) is 5.41 Å². The molecule has 0 aliphatic heterocycles. The minimum absolute atomic E-state index is 0.00646. The fraction of sp³-hybridized carbons (Fsp3) is 0.867. The molecular formula is C15H28N2O4. The van der Waals surface area contributed by atoms with Crippen molar-refractivity contribution in [3.63, 3.8) is 0 Å². The van der Waals surface area contributed by atoms with E-state index in [9.17, 15) is 9.59 Å². The van der Waals surface area contributed by atoms with Gasteiger partial charge in [0.1, 0.15) is 0 Å². The topological polar surface area (TPSA) is 87.7 Å². The van der Waals surface area contributed by atoms with Gasteiger partial charge in [-0.2, -0.15) is 0 Å². The molecule has 6 heteroatoms. The third-order valence-electron chi connectivity index (χ3n) is 4.14. The van der Waals surface area contributed by atoms with Crippen LogP contribution in [0.5, 0.6) is 0 Å². The van der Waals surface area contributed by atoms with Crippen LogP contribution in [-0.2, 0) is 9.53 Å². The number of hydrogen-bond acceptors (Lipinski definition) is 3. The number of carboxylic acid groups (broad SMARTS) is 1. The average molecular weight is 300 g/mol. The van der Waals surface area contributed by atoms with Gasteiger partial charge in [-0.3, -0.25) is 4.79 Å². The van der Waals surface area contributed by atoms with Gasteiger partial charge in [-0.05, 0) is 24.7 Å². The van der Waals surface area contributed by atoms with E-state index in [0.29, 0.717) is 13.2 Å². The quantitative estimate of drug-likeness (QED) is 0.641. The summed E-state index contributed by atoms with van der Waals surface area (Å²) in [6, 6.07) is -0.274. The predicted octanol–water partition coefficient (Wildman–Crippen LogP) is 2.14. The molecule has 0 atom stereocenters. The number of urea groups is 1. The Labute approximate surface area is 126 Å². The van der Waals surface area contributed by atoms with Gasteiger partial charge in [0.2, 0.25) is 0 Å². The monoisotopic (exact) mass is 300 g/mol. The van der Waals surface area contributed by atoms with E-state index in [0.717, 1.165) is 32.1 Å². The van der Waals surface area contributed by atoms with Crippen molar-refractivity contribution in [3.05, 3.63) is 0 Å². The summed E-state index contributed by atoms with van der Waals surface area (Å²) in [6.07, 6.45) is 4.25. The summed E-state index contributed by atoms with van der Waals surface area (Å²) in [5.74, 6) is -0.863. The van der Waals surface area contributed by atoms with Crippen molar-refractivity contribution in [2.75, 3.05) is 20.3 Å².